The summed E-state index contributed by atoms with van der Waals surface area (Å²) in [6.07, 6.45) is 5.91. The molecular weight excluding hydrogens is 110 g/mol. The Morgan fingerprint density at radius 3 is 3.00 bits per heavy atom. The molecule has 0 bridgehead atoms. The first kappa shape index (κ1) is 6.27. The van der Waals surface area contributed by atoms with Gasteiger partial charge in [0.25, 0.3) is 0 Å². The van der Waals surface area contributed by atoms with Crippen LogP contribution < -0.4 is 0 Å². The van der Waals surface area contributed by atoms with Crippen molar-refractivity contribution >= 4 is 6.21 Å². The summed E-state index contributed by atoms with van der Waals surface area (Å²) in [4.78, 5) is 4.13. The van der Waals surface area contributed by atoms with Gasteiger partial charge in [-0.2, -0.15) is 0 Å². The summed E-state index contributed by atoms with van der Waals surface area (Å²) in [6.45, 7) is 5.09. The lowest BCUT2D eigenvalue weighted by atomic mass is 10.1. The highest BCUT2D eigenvalue weighted by Crippen LogP contribution is 2.06. The van der Waals surface area contributed by atoms with Gasteiger partial charge in [-0.05, 0) is 25.5 Å². The van der Waals surface area contributed by atoms with Crippen LogP contribution in [0.4, 0.5) is 0 Å². The molecule has 0 N–H and O–H groups in total. The monoisotopic (exact) mass is 121 g/mol. The van der Waals surface area contributed by atoms with E-state index in [0.717, 1.165) is 6.54 Å². The van der Waals surface area contributed by atoms with Crippen molar-refractivity contribution < 1.29 is 0 Å². The molecule has 0 fully saturated rings. The van der Waals surface area contributed by atoms with Crippen molar-refractivity contribution in [2.24, 2.45) is 4.99 Å². The Kier molecular flexibility index (Phi) is 1.83. The first-order valence-corrected chi connectivity index (χ1v) is 3.13. The first-order valence-electron chi connectivity index (χ1n) is 3.13. The molecule has 9 heavy (non-hydrogen) atoms. The molecule has 0 aromatic carbocycles. The number of nitrogens with zero attached hydrogens (tertiary/aromatic N) is 1. The molecule has 1 nitrogen and oxygen atoms in total. The second-order valence-corrected chi connectivity index (χ2v) is 2.31. The van der Waals surface area contributed by atoms with E-state index in [1.54, 1.807) is 0 Å². The van der Waals surface area contributed by atoms with Gasteiger partial charge in [0.15, 0.2) is 0 Å². The molecular formula is C8H11N. The average Bonchev–Trinajstić information content (AvgIpc) is 1.99. The maximum atomic E-state index is 4.13. The van der Waals surface area contributed by atoms with Crippen molar-refractivity contribution in [3.63, 3.8) is 0 Å². The van der Waals surface area contributed by atoms with Crippen LogP contribution in [0.1, 0.15) is 13.8 Å². The van der Waals surface area contributed by atoms with Gasteiger partial charge in [-0.15, -0.1) is 0 Å². The van der Waals surface area contributed by atoms with Crippen LogP contribution in [0.15, 0.2) is 28.3 Å². The van der Waals surface area contributed by atoms with Gasteiger partial charge in [0.1, 0.15) is 0 Å². The van der Waals surface area contributed by atoms with E-state index in [1.807, 2.05) is 12.3 Å². The molecule has 0 saturated carbocycles. The van der Waals surface area contributed by atoms with Gasteiger partial charge >= 0.3 is 0 Å². The number of hydrogen-bond acceptors (Lipinski definition) is 1. The third-order valence-electron chi connectivity index (χ3n) is 1.54. The Morgan fingerprint density at radius 2 is 2.22 bits per heavy atom. The quantitative estimate of drug-likeness (QED) is 0.464. The van der Waals surface area contributed by atoms with Gasteiger partial charge in [0.2, 0.25) is 0 Å². The second kappa shape index (κ2) is 2.62. The standard InChI is InChI=1S/C8H11N/c1-7-4-3-5-9-6-8(7)2/h3-5H,6H2,1-2H3. The van der Waals surface area contributed by atoms with Crippen LogP contribution in [-0.4, -0.2) is 12.8 Å². The van der Waals surface area contributed by atoms with Crippen LogP contribution in [-0.2, 0) is 0 Å². The molecule has 0 aromatic heterocycles. The van der Waals surface area contributed by atoms with E-state index >= 15 is 0 Å². The molecule has 0 aliphatic carbocycles. The van der Waals surface area contributed by atoms with E-state index in [4.69, 9.17) is 0 Å². The SMILES string of the molecule is CC1=C(C)CN=CC=C1. The summed E-state index contributed by atoms with van der Waals surface area (Å²) in [5.41, 5.74) is 2.70. The predicted molar refractivity (Wildman–Crippen MR) is 40.9 cm³/mol. The van der Waals surface area contributed by atoms with E-state index in [0.29, 0.717) is 0 Å². The molecule has 1 heteroatoms. The second-order valence-electron chi connectivity index (χ2n) is 2.31. The van der Waals surface area contributed by atoms with E-state index < -0.39 is 0 Å². The van der Waals surface area contributed by atoms with Crippen molar-refractivity contribution in [3.8, 4) is 0 Å². The van der Waals surface area contributed by atoms with Gasteiger partial charge in [-0.3, -0.25) is 4.99 Å². The molecule has 0 unspecified atom stereocenters. The molecule has 1 aliphatic heterocycles. The molecule has 0 radical (unpaired) electrons. The Labute approximate surface area is 55.8 Å². The summed E-state index contributed by atoms with van der Waals surface area (Å²) in [6, 6.07) is 0. The van der Waals surface area contributed by atoms with E-state index in [1.165, 1.54) is 11.1 Å². The zero-order chi connectivity index (χ0) is 6.69. The zero-order valence-electron chi connectivity index (χ0n) is 5.89. The first-order chi connectivity index (χ1) is 4.30. The molecule has 0 spiro atoms. The minimum absolute atomic E-state index is 0.860. The van der Waals surface area contributed by atoms with Gasteiger partial charge in [0, 0.05) is 6.21 Å². The number of allylic oxidation sites excluding steroid dienone is 3. The number of rotatable bonds is 0. The number of aliphatic imine (C=N–C) groups is 1. The molecule has 0 atom stereocenters. The topological polar surface area (TPSA) is 12.4 Å². The lowest BCUT2D eigenvalue weighted by Crippen LogP contribution is -1.83. The van der Waals surface area contributed by atoms with Crippen molar-refractivity contribution in [2.75, 3.05) is 6.54 Å². The fourth-order valence-corrected chi connectivity index (χ4v) is 0.705. The van der Waals surface area contributed by atoms with Crippen LogP contribution in [0.25, 0.3) is 0 Å². The Balaban J connectivity index is 2.85. The summed E-state index contributed by atoms with van der Waals surface area (Å²) < 4.78 is 0. The maximum Gasteiger partial charge on any atom is 0.0602 e. The molecule has 0 amide bonds. The molecule has 0 aromatic rings. The minimum atomic E-state index is 0.860. The molecule has 0 saturated heterocycles. The average molecular weight is 121 g/mol. The normalized spacial score (nSPS) is 18.4. The van der Waals surface area contributed by atoms with E-state index in [9.17, 15) is 0 Å². The zero-order valence-corrected chi connectivity index (χ0v) is 5.89. The van der Waals surface area contributed by atoms with Crippen molar-refractivity contribution in [3.05, 3.63) is 23.3 Å². The van der Waals surface area contributed by atoms with Crippen molar-refractivity contribution in [1.29, 1.82) is 0 Å². The molecule has 1 rings (SSSR count). The minimum Gasteiger partial charge on any atom is -0.289 e. The number of hydrogen-bond donors (Lipinski definition) is 0. The molecule has 1 heterocycles. The highest BCUT2D eigenvalue weighted by Gasteiger charge is 1.92. The van der Waals surface area contributed by atoms with Crippen LogP contribution in [0.2, 0.25) is 0 Å². The Hall–Kier alpha value is -0.850. The molecule has 1 aliphatic rings. The van der Waals surface area contributed by atoms with Crippen LogP contribution in [0, 0.1) is 0 Å². The fraction of sp³-hybridized carbons (Fsp3) is 0.375. The lowest BCUT2D eigenvalue weighted by molar-refractivity contribution is 1.12. The summed E-state index contributed by atoms with van der Waals surface area (Å²) >= 11 is 0. The highest BCUT2D eigenvalue weighted by atomic mass is 14.7. The highest BCUT2D eigenvalue weighted by molar-refractivity contribution is 5.72. The van der Waals surface area contributed by atoms with Crippen LogP contribution >= 0.6 is 0 Å². The predicted octanol–water partition coefficient (Wildman–Crippen LogP) is 1.96. The largest absolute Gasteiger partial charge is 0.289 e. The van der Waals surface area contributed by atoms with Crippen molar-refractivity contribution in [2.45, 2.75) is 13.8 Å². The third-order valence-corrected chi connectivity index (χ3v) is 1.54. The van der Waals surface area contributed by atoms with Gasteiger partial charge in [-0.1, -0.05) is 11.6 Å². The van der Waals surface area contributed by atoms with Gasteiger partial charge in [-0.25, -0.2) is 0 Å². The van der Waals surface area contributed by atoms with E-state index in [2.05, 4.69) is 24.9 Å². The summed E-state index contributed by atoms with van der Waals surface area (Å²) in [5, 5.41) is 0. The Morgan fingerprint density at radius 1 is 1.44 bits per heavy atom. The van der Waals surface area contributed by atoms with E-state index in [-0.39, 0.29) is 0 Å². The Bertz CT molecular complexity index is 185. The third kappa shape index (κ3) is 1.53. The van der Waals surface area contributed by atoms with Crippen LogP contribution in [0.3, 0.4) is 0 Å². The lowest BCUT2D eigenvalue weighted by Gasteiger charge is -1.95. The van der Waals surface area contributed by atoms with Crippen molar-refractivity contribution in [1.82, 2.24) is 0 Å². The fourth-order valence-electron chi connectivity index (χ4n) is 0.705. The maximum absolute atomic E-state index is 4.13. The summed E-state index contributed by atoms with van der Waals surface area (Å²) in [7, 11) is 0. The summed E-state index contributed by atoms with van der Waals surface area (Å²) in [5.74, 6) is 0. The van der Waals surface area contributed by atoms with Crippen LogP contribution in [0.5, 0.6) is 0 Å². The molecule has 48 valence electrons. The van der Waals surface area contributed by atoms with Gasteiger partial charge < -0.3 is 0 Å². The van der Waals surface area contributed by atoms with Gasteiger partial charge in [0.05, 0.1) is 6.54 Å². The smallest absolute Gasteiger partial charge is 0.0602 e.